The monoisotopic (exact) mass is 288 g/mol. The molecule has 3 nitrogen and oxygen atoms in total. The van der Waals surface area contributed by atoms with E-state index in [0.717, 1.165) is 24.0 Å². The van der Waals surface area contributed by atoms with Crippen molar-refractivity contribution in [3.8, 4) is 0 Å². The molecule has 0 unspecified atom stereocenters. The molecule has 0 aromatic heterocycles. The summed E-state index contributed by atoms with van der Waals surface area (Å²) in [4.78, 5) is 23.4. The van der Waals surface area contributed by atoms with Gasteiger partial charge in [0.15, 0.2) is 5.78 Å². The predicted octanol–water partition coefficient (Wildman–Crippen LogP) is 4.41. The molecule has 1 aromatic rings. The fourth-order valence-electron chi connectivity index (χ4n) is 1.76. The molecule has 0 heterocycles. The number of rotatable bonds is 6. The highest BCUT2D eigenvalue weighted by Crippen LogP contribution is 2.11. The van der Waals surface area contributed by atoms with Crippen LogP contribution in [0.25, 0.3) is 6.08 Å². The maximum absolute atomic E-state index is 11.8. The summed E-state index contributed by atoms with van der Waals surface area (Å²) in [6.07, 6.45) is 5.61. The summed E-state index contributed by atoms with van der Waals surface area (Å²) in [5.41, 5.74) is 1.10. The quantitative estimate of drug-likeness (QED) is 0.442. The van der Waals surface area contributed by atoms with Crippen LogP contribution in [-0.2, 0) is 9.53 Å². The van der Waals surface area contributed by atoms with E-state index in [1.165, 1.54) is 6.08 Å². The molecule has 0 saturated heterocycles. The molecule has 0 bridgehead atoms. The van der Waals surface area contributed by atoms with Crippen molar-refractivity contribution in [1.29, 1.82) is 0 Å². The van der Waals surface area contributed by atoms with Crippen LogP contribution in [0, 0.1) is 0 Å². The Labute approximate surface area is 127 Å². The van der Waals surface area contributed by atoms with Crippen molar-refractivity contribution in [3.05, 3.63) is 41.5 Å². The lowest BCUT2D eigenvalue weighted by molar-refractivity contribution is -0.148. The third-order valence-corrected chi connectivity index (χ3v) is 2.81. The highest BCUT2D eigenvalue weighted by Gasteiger charge is 2.13. The van der Waals surface area contributed by atoms with Gasteiger partial charge in [0.1, 0.15) is 5.60 Å². The van der Waals surface area contributed by atoms with Crippen LogP contribution in [0.2, 0.25) is 0 Å². The van der Waals surface area contributed by atoms with Gasteiger partial charge in [-0.05, 0) is 38.8 Å². The van der Waals surface area contributed by atoms with Gasteiger partial charge in [-0.1, -0.05) is 37.6 Å². The lowest BCUT2D eigenvalue weighted by atomic mass is 10.0. The van der Waals surface area contributed by atoms with Crippen molar-refractivity contribution in [2.75, 3.05) is 0 Å². The highest BCUT2D eigenvalue weighted by atomic mass is 16.6. The van der Waals surface area contributed by atoms with E-state index in [-0.39, 0.29) is 11.8 Å². The molecule has 0 aliphatic heterocycles. The number of ether oxygens (including phenoxy) is 1. The first-order valence-corrected chi connectivity index (χ1v) is 7.36. The van der Waals surface area contributed by atoms with E-state index in [9.17, 15) is 9.59 Å². The fraction of sp³-hybridized carbons (Fsp3) is 0.444. The number of unbranched alkanes of at least 4 members (excludes halogenated alkanes) is 1. The summed E-state index contributed by atoms with van der Waals surface area (Å²) in [6.45, 7) is 7.55. The molecule has 0 saturated carbocycles. The van der Waals surface area contributed by atoms with Crippen LogP contribution < -0.4 is 0 Å². The third kappa shape index (κ3) is 6.89. The second-order valence-corrected chi connectivity index (χ2v) is 6.02. The van der Waals surface area contributed by atoms with Gasteiger partial charge in [0.25, 0.3) is 0 Å². The van der Waals surface area contributed by atoms with Crippen molar-refractivity contribution >= 4 is 17.8 Å². The zero-order valence-electron chi connectivity index (χ0n) is 13.3. The van der Waals surface area contributed by atoms with Crippen LogP contribution in [0.1, 0.15) is 62.9 Å². The summed E-state index contributed by atoms with van der Waals surface area (Å²) in [5, 5.41) is 0. The molecule has 0 N–H and O–H groups in total. The van der Waals surface area contributed by atoms with E-state index in [2.05, 4.69) is 6.92 Å². The number of ketones is 1. The Kier molecular flexibility index (Phi) is 6.35. The van der Waals surface area contributed by atoms with Crippen molar-refractivity contribution in [2.45, 2.75) is 52.6 Å². The molecule has 0 atom stereocenters. The van der Waals surface area contributed by atoms with Crippen LogP contribution in [0.5, 0.6) is 0 Å². The Morgan fingerprint density at radius 3 is 2.29 bits per heavy atom. The van der Waals surface area contributed by atoms with Gasteiger partial charge < -0.3 is 4.74 Å². The molecular weight excluding hydrogens is 264 g/mol. The van der Waals surface area contributed by atoms with Crippen LogP contribution >= 0.6 is 0 Å². The van der Waals surface area contributed by atoms with Crippen molar-refractivity contribution in [3.63, 3.8) is 0 Å². The molecule has 1 rings (SSSR count). The third-order valence-electron chi connectivity index (χ3n) is 2.81. The Bertz CT molecular complexity index is 504. The van der Waals surface area contributed by atoms with Crippen molar-refractivity contribution in [1.82, 2.24) is 0 Å². The van der Waals surface area contributed by atoms with Gasteiger partial charge >= 0.3 is 5.97 Å². The summed E-state index contributed by atoms with van der Waals surface area (Å²) in [5.74, 6) is -0.204. The number of benzene rings is 1. The van der Waals surface area contributed by atoms with Gasteiger partial charge in [-0.25, -0.2) is 4.79 Å². The molecule has 21 heavy (non-hydrogen) atoms. The van der Waals surface area contributed by atoms with Crippen molar-refractivity contribution in [2.24, 2.45) is 0 Å². The minimum atomic E-state index is -0.489. The number of Topliss-reactive ketones (excluding diaryl/α,β-unsaturated/α-hetero) is 1. The van der Waals surface area contributed by atoms with E-state index in [1.54, 1.807) is 18.2 Å². The summed E-state index contributed by atoms with van der Waals surface area (Å²) in [7, 11) is 0. The Balaban J connectivity index is 2.62. The van der Waals surface area contributed by atoms with Gasteiger partial charge in [-0.3, -0.25) is 4.79 Å². The lowest BCUT2D eigenvalue weighted by Crippen LogP contribution is -2.22. The average Bonchev–Trinajstić information content (AvgIpc) is 2.41. The van der Waals surface area contributed by atoms with Gasteiger partial charge in [0.2, 0.25) is 0 Å². The number of hydrogen-bond acceptors (Lipinski definition) is 3. The van der Waals surface area contributed by atoms with Gasteiger partial charge in [0.05, 0.1) is 0 Å². The molecule has 114 valence electrons. The maximum Gasteiger partial charge on any atom is 0.331 e. The van der Waals surface area contributed by atoms with E-state index in [1.807, 2.05) is 32.9 Å². The zero-order valence-corrected chi connectivity index (χ0v) is 13.3. The highest BCUT2D eigenvalue weighted by molar-refractivity contribution is 5.96. The Hall–Kier alpha value is -1.90. The van der Waals surface area contributed by atoms with Gasteiger partial charge in [-0.2, -0.15) is 0 Å². The average molecular weight is 288 g/mol. The molecule has 3 heteroatoms. The topological polar surface area (TPSA) is 43.4 Å². The van der Waals surface area contributed by atoms with E-state index < -0.39 is 5.60 Å². The van der Waals surface area contributed by atoms with Crippen LogP contribution in [0.15, 0.2) is 30.3 Å². The van der Waals surface area contributed by atoms with Gasteiger partial charge in [-0.15, -0.1) is 0 Å². The molecule has 0 aliphatic carbocycles. The number of carbonyl (C=O) groups excluding carboxylic acids is 2. The molecule has 0 spiro atoms. The van der Waals surface area contributed by atoms with E-state index >= 15 is 0 Å². The predicted molar refractivity (Wildman–Crippen MR) is 85.2 cm³/mol. The molecule has 0 radical (unpaired) electrons. The van der Waals surface area contributed by atoms with E-state index in [0.29, 0.717) is 6.42 Å². The largest absolute Gasteiger partial charge is 0.457 e. The standard InChI is InChI=1S/C18H24O3/c1-5-6-7-16(19)15-11-8-14(9-12-15)10-13-17(20)21-18(2,3)4/h8-13H,5-7H2,1-4H3. The SMILES string of the molecule is CCCCC(=O)c1ccc(C=CC(=O)OC(C)(C)C)cc1. The maximum atomic E-state index is 11.8. The van der Waals surface area contributed by atoms with Crippen LogP contribution in [0.3, 0.4) is 0 Å². The van der Waals surface area contributed by atoms with Crippen LogP contribution in [0.4, 0.5) is 0 Å². The van der Waals surface area contributed by atoms with Gasteiger partial charge in [0, 0.05) is 18.1 Å². The number of esters is 1. The molecule has 0 fully saturated rings. The minimum absolute atomic E-state index is 0.166. The Morgan fingerprint density at radius 1 is 1.14 bits per heavy atom. The molecule has 0 aliphatic rings. The fourth-order valence-corrected chi connectivity index (χ4v) is 1.76. The normalized spacial score (nSPS) is 11.6. The first kappa shape index (κ1) is 17.2. The van der Waals surface area contributed by atoms with E-state index in [4.69, 9.17) is 4.74 Å². The second-order valence-electron chi connectivity index (χ2n) is 6.02. The molecular formula is C18H24O3. The zero-order chi connectivity index (χ0) is 15.9. The second kappa shape index (κ2) is 7.77. The molecule has 0 amide bonds. The summed E-state index contributed by atoms with van der Waals surface area (Å²) < 4.78 is 5.19. The minimum Gasteiger partial charge on any atom is -0.457 e. The number of carbonyl (C=O) groups is 2. The number of hydrogen-bond donors (Lipinski definition) is 0. The van der Waals surface area contributed by atoms with Crippen molar-refractivity contribution < 1.29 is 14.3 Å². The molecule has 1 aromatic carbocycles. The first-order chi connectivity index (χ1) is 9.81. The summed E-state index contributed by atoms with van der Waals surface area (Å²) >= 11 is 0. The van der Waals surface area contributed by atoms with Crippen LogP contribution in [-0.4, -0.2) is 17.4 Å². The lowest BCUT2D eigenvalue weighted by Gasteiger charge is -2.17. The Morgan fingerprint density at radius 2 is 1.76 bits per heavy atom. The first-order valence-electron chi connectivity index (χ1n) is 7.36. The summed E-state index contributed by atoms with van der Waals surface area (Å²) in [6, 6.07) is 7.26. The smallest absolute Gasteiger partial charge is 0.331 e.